The van der Waals surface area contributed by atoms with Crippen LogP contribution in [-0.4, -0.2) is 36.3 Å². The molecule has 0 radical (unpaired) electrons. The number of aromatic amines is 1. The van der Waals surface area contributed by atoms with E-state index in [4.69, 9.17) is 28.7 Å². The van der Waals surface area contributed by atoms with E-state index in [1.807, 2.05) is 30.3 Å². The molecule has 30 heavy (non-hydrogen) atoms. The fraction of sp³-hybridized carbons (Fsp3) is 0.158. The highest BCUT2D eigenvalue weighted by Gasteiger charge is 2.06. The number of benzene rings is 2. The van der Waals surface area contributed by atoms with Gasteiger partial charge in [-0.25, -0.2) is 4.98 Å². The zero-order chi connectivity index (χ0) is 22.1. The number of nitrogens with one attached hydrogen (secondary N) is 1. The molecule has 0 unspecified atom stereocenters. The minimum atomic E-state index is -5.39. The molecule has 0 aliphatic carbocycles. The van der Waals surface area contributed by atoms with Crippen LogP contribution in [0.25, 0.3) is 23.2 Å². The summed E-state index contributed by atoms with van der Waals surface area (Å²) in [4.78, 5) is 44.2. The average molecular weight is 432 g/mol. The predicted molar refractivity (Wildman–Crippen MR) is 101 cm³/mol. The van der Waals surface area contributed by atoms with Crippen molar-refractivity contribution in [1.82, 2.24) is 9.97 Å². The number of phosphoric acid groups is 1. The zero-order valence-electron chi connectivity index (χ0n) is 15.8. The van der Waals surface area contributed by atoms with Gasteiger partial charge in [-0.15, -0.1) is 0 Å². The van der Waals surface area contributed by atoms with Gasteiger partial charge in [-0.1, -0.05) is 30.3 Å². The molecule has 0 aliphatic heterocycles. The Morgan fingerprint density at radius 1 is 1.10 bits per heavy atom. The molecule has 3 aromatic rings. The molecule has 1 N–H and O–H groups in total. The molecule has 0 fully saturated rings. The number of imidazole rings is 1. The van der Waals surface area contributed by atoms with Crippen LogP contribution in [0.4, 0.5) is 0 Å². The molecule has 2 aromatic carbocycles. The number of aromatic carboxylic acids is 1. The largest absolute Gasteiger partial charge is 0.822 e. The van der Waals surface area contributed by atoms with Crippen molar-refractivity contribution in [2.75, 3.05) is 20.3 Å². The third-order valence-corrected chi connectivity index (χ3v) is 3.62. The molecule has 0 amide bonds. The zero-order valence-corrected chi connectivity index (χ0v) is 16.7. The van der Waals surface area contributed by atoms with E-state index in [2.05, 4.69) is 9.97 Å². The van der Waals surface area contributed by atoms with Crippen LogP contribution in [0, 0.1) is 0 Å². The fourth-order valence-electron chi connectivity index (χ4n) is 2.39. The van der Waals surface area contributed by atoms with Crippen LogP contribution in [0.3, 0.4) is 0 Å². The van der Waals surface area contributed by atoms with Crippen LogP contribution in [0.15, 0.2) is 42.5 Å². The van der Waals surface area contributed by atoms with Crippen molar-refractivity contribution in [1.29, 1.82) is 0 Å². The maximum Gasteiger partial charge on any atom is 0.131 e. The van der Waals surface area contributed by atoms with Crippen LogP contribution < -0.4 is 24.5 Å². The third-order valence-electron chi connectivity index (χ3n) is 3.62. The number of carbonyl (C=O) groups excluding carboxylic acids is 1. The average Bonchev–Trinajstić information content (AvgIpc) is 3.09. The van der Waals surface area contributed by atoms with Crippen LogP contribution in [0.5, 0.6) is 5.75 Å². The topological polar surface area (TPSA) is 174 Å². The smallest absolute Gasteiger partial charge is 0.131 e. The first kappa shape index (κ1) is 23.3. The Morgan fingerprint density at radius 2 is 1.77 bits per heavy atom. The van der Waals surface area contributed by atoms with Gasteiger partial charge in [0, 0.05) is 12.7 Å². The number of nitrogens with zero attached hydrogens (tertiary/aromatic N) is 1. The van der Waals surface area contributed by atoms with Gasteiger partial charge in [0.05, 0.1) is 23.6 Å². The van der Waals surface area contributed by atoms with Crippen molar-refractivity contribution in [2.45, 2.75) is 0 Å². The quantitative estimate of drug-likeness (QED) is 0.374. The molecule has 160 valence electrons. The summed E-state index contributed by atoms with van der Waals surface area (Å²) in [6.07, 6.45) is 3.68. The number of carbonyl (C=O) groups is 1. The molecule has 0 spiro atoms. The Balaban J connectivity index is 0.000000575. The van der Waals surface area contributed by atoms with Crippen molar-refractivity contribution >= 4 is 37.0 Å². The van der Waals surface area contributed by atoms with Gasteiger partial charge in [-0.2, -0.15) is 7.82 Å². The molecule has 0 bridgehead atoms. The van der Waals surface area contributed by atoms with E-state index in [-0.39, 0.29) is 5.56 Å². The number of rotatable bonds is 7. The summed E-state index contributed by atoms with van der Waals surface area (Å²) in [6, 6.07) is 12.5. The maximum atomic E-state index is 11.1. The number of fused-ring (bicyclic) bond motifs is 1. The minimum Gasteiger partial charge on any atom is -0.822 e. The van der Waals surface area contributed by atoms with Crippen molar-refractivity contribution in [3.63, 3.8) is 0 Å². The summed E-state index contributed by atoms with van der Waals surface area (Å²) >= 11 is 0. The second kappa shape index (κ2) is 10.7. The van der Waals surface area contributed by atoms with E-state index in [0.29, 0.717) is 30.1 Å². The lowest BCUT2D eigenvalue weighted by Crippen LogP contribution is -2.24. The Hall–Kier alpha value is -3.01. The standard InChI is InChI=1S/C19H18N2O4.H3O4P/c1-24-11-12-25-14-8-5-13(6-9-14)7-10-17-20-16-4-2-3-15(19(22)23)18(16)21-17;1-5(2,3)4/h2-10H,11-12H2,1H3,(H,20,21)(H,22,23);(H3,1,2,3,4)/p-4/b10-7+;. The molecular weight excluding hydrogens is 415 g/mol. The summed E-state index contributed by atoms with van der Waals surface area (Å²) < 4.78 is 19.0. The van der Waals surface area contributed by atoms with Crippen LogP contribution in [0.1, 0.15) is 21.7 Å². The summed E-state index contributed by atoms with van der Waals surface area (Å²) in [5.74, 6) is 0.109. The van der Waals surface area contributed by atoms with Crippen LogP contribution in [-0.2, 0) is 9.30 Å². The molecule has 0 atom stereocenters. The van der Waals surface area contributed by atoms with Gasteiger partial charge in [0.15, 0.2) is 0 Å². The van der Waals surface area contributed by atoms with Crippen LogP contribution >= 0.6 is 7.82 Å². The number of hydrogen-bond donors (Lipinski definition) is 1. The monoisotopic (exact) mass is 432 g/mol. The first-order chi connectivity index (χ1) is 14.2. The molecular formula is C19H17N2O8P-4. The summed E-state index contributed by atoms with van der Waals surface area (Å²) in [6.45, 7) is 1.05. The van der Waals surface area contributed by atoms with Crippen molar-refractivity contribution in [2.24, 2.45) is 0 Å². The Morgan fingerprint density at radius 3 is 2.37 bits per heavy atom. The number of hydrogen-bond acceptors (Lipinski definition) is 9. The highest BCUT2D eigenvalue weighted by molar-refractivity contribution is 7.40. The van der Waals surface area contributed by atoms with E-state index >= 15 is 0 Å². The Labute approximate surface area is 171 Å². The Bertz CT molecular complexity index is 1050. The third kappa shape index (κ3) is 7.78. The molecule has 0 saturated carbocycles. The van der Waals surface area contributed by atoms with Crippen LogP contribution in [0.2, 0.25) is 0 Å². The molecule has 3 rings (SSSR count). The first-order valence-corrected chi connectivity index (χ1v) is 9.96. The second-order valence-electron chi connectivity index (χ2n) is 5.80. The van der Waals surface area contributed by atoms with Crippen molar-refractivity contribution < 1.29 is 38.6 Å². The Kier molecular flexibility index (Phi) is 8.28. The molecule has 1 heterocycles. The van der Waals surface area contributed by atoms with E-state index in [1.54, 1.807) is 25.3 Å². The number of H-pyrrole nitrogens is 1. The van der Waals surface area contributed by atoms with Gasteiger partial charge in [0.1, 0.15) is 18.2 Å². The predicted octanol–water partition coefficient (Wildman–Crippen LogP) is -0.703. The summed E-state index contributed by atoms with van der Waals surface area (Å²) in [5.41, 5.74) is 2.10. The van der Waals surface area contributed by atoms with Gasteiger partial charge in [-0.05, 0) is 29.8 Å². The maximum absolute atomic E-state index is 11.1. The lowest BCUT2D eigenvalue weighted by Gasteiger charge is -2.36. The molecule has 11 heteroatoms. The minimum absolute atomic E-state index is 0.0750. The molecule has 1 aromatic heterocycles. The van der Waals surface area contributed by atoms with Gasteiger partial charge >= 0.3 is 0 Å². The molecule has 10 nitrogen and oxygen atoms in total. The highest BCUT2D eigenvalue weighted by Crippen LogP contribution is 2.18. The fourth-order valence-corrected chi connectivity index (χ4v) is 2.39. The van der Waals surface area contributed by atoms with E-state index in [0.717, 1.165) is 11.3 Å². The summed E-state index contributed by atoms with van der Waals surface area (Å²) in [5, 5.41) is 11.1. The van der Waals surface area contributed by atoms with E-state index in [1.165, 1.54) is 6.07 Å². The van der Waals surface area contributed by atoms with Gasteiger partial charge < -0.3 is 43.6 Å². The first-order valence-electron chi connectivity index (χ1n) is 8.50. The van der Waals surface area contributed by atoms with Crippen molar-refractivity contribution in [3.8, 4) is 5.75 Å². The molecule has 0 saturated heterocycles. The second-order valence-corrected chi connectivity index (χ2v) is 6.70. The number of methoxy groups -OCH3 is 1. The lowest BCUT2D eigenvalue weighted by molar-refractivity contribution is -0.432. The van der Waals surface area contributed by atoms with Gasteiger partial charge in [0.25, 0.3) is 0 Å². The number of carboxylic acids is 1. The number of para-hydroxylation sites is 1. The number of carboxylic acid groups (broad SMARTS) is 1. The number of ether oxygens (including phenoxy) is 2. The lowest BCUT2D eigenvalue weighted by atomic mass is 10.2. The normalized spacial score (nSPS) is 11.3. The van der Waals surface area contributed by atoms with E-state index < -0.39 is 13.8 Å². The van der Waals surface area contributed by atoms with Gasteiger partial charge in [0.2, 0.25) is 0 Å². The number of aromatic nitrogens is 2. The summed E-state index contributed by atoms with van der Waals surface area (Å²) in [7, 11) is -3.76. The highest BCUT2D eigenvalue weighted by atomic mass is 31.2. The van der Waals surface area contributed by atoms with Gasteiger partial charge in [-0.3, -0.25) is 0 Å². The SMILES string of the molecule is COCCOc1ccc(/C=C/c2nc3c(C(=O)[O-])cccc3[nH]2)cc1.O=P([O-])([O-])[O-]. The van der Waals surface area contributed by atoms with Crippen molar-refractivity contribution in [3.05, 3.63) is 59.4 Å². The van der Waals surface area contributed by atoms with E-state index in [9.17, 15) is 9.90 Å². The molecule has 0 aliphatic rings.